The Bertz CT molecular complexity index is 286. The van der Waals surface area contributed by atoms with Crippen LogP contribution in [-0.4, -0.2) is 26.9 Å². The van der Waals surface area contributed by atoms with Crippen molar-refractivity contribution in [2.24, 2.45) is 5.73 Å². The first-order chi connectivity index (χ1) is 8.22. The number of amides is 1. The fourth-order valence-corrected chi connectivity index (χ4v) is 1.34. The van der Waals surface area contributed by atoms with Crippen molar-refractivity contribution >= 4 is 20.3 Å². The van der Waals surface area contributed by atoms with Crippen LogP contribution < -0.4 is 5.73 Å². The zero-order valence-corrected chi connectivity index (χ0v) is 12.1. The van der Waals surface area contributed by atoms with Crippen LogP contribution in [0, 0.1) is 0 Å². The van der Waals surface area contributed by atoms with E-state index in [0.29, 0.717) is 6.61 Å². The van der Waals surface area contributed by atoms with Gasteiger partial charge in [0, 0.05) is 8.07 Å². The first-order valence-corrected chi connectivity index (χ1v) is 8.95. The molecule has 0 spiro atoms. The monoisotopic (exact) mass is 275 g/mol. The average Bonchev–Trinajstić information content (AvgIpc) is 2.16. The van der Waals surface area contributed by atoms with Gasteiger partial charge in [-0.25, -0.2) is 9.59 Å². The minimum atomic E-state index is -1.11. The molecule has 0 atom stereocenters. The summed E-state index contributed by atoms with van der Waals surface area (Å²) in [6.45, 7) is 13.4. The van der Waals surface area contributed by atoms with Gasteiger partial charge in [0.25, 0.3) is 0 Å². The predicted octanol–water partition coefficient (Wildman–Crippen LogP) is 2.85. The van der Waals surface area contributed by atoms with E-state index in [2.05, 4.69) is 48.0 Å². The van der Waals surface area contributed by atoms with Crippen molar-refractivity contribution in [2.45, 2.75) is 25.7 Å². The van der Waals surface area contributed by atoms with Gasteiger partial charge in [0.1, 0.15) is 0 Å². The van der Waals surface area contributed by atoms with Gasteiger partial charge in [0.15, 0.2) is 0 Å². The van der Waals surface area contributed by atoms with Crippen molar-refractivity contribution in [3.63, 3.8) is 0 Å². The van der Waals surface area contributed by atoms with E-state index >= 15 is 0 Å². The summed E-state index contributed by atoms with van der Waals surface area (Å²) in [5.74, 6) is 0. The van der Waals surface area contributed by atoms with E-state index in [9.17, 15) is 9.59 Å². The third-order valence-electron chi connectivity index (χ3n) is 1.45. The summed E-state index contributed by atoms with van der Waals surface area (Å²) in [6.07, 6.45) is 0.548. The SMILES string of the molecule is C=COC(=O)OCC[Si](C)(C)C.C=COC(N)=O. The summed E-state index contributed by atoms with van der Waals surface area (Å²) in [4.78, 5) is 20.2. The summed E-state index contributed by atoms with van der Waals surface area (Å²) in [5.41, 5.74) is 4.47. The summed E-state index contributed by atoms with van der Waals surface area (Å²) in [6, 6.07) is 0.958. The van der Waals surface area contributed by atoms with Crippen LogP contribution in [0.1, 0.15) is 0 Å². The fourth-order valence-electron chi connectivity index (χ4n) is 0.625. The zero-order chi connectivity index (χ0) is 14.6. The van der Waals surface area contributed by atoms with Crippen LogP contribution in [0.25, 0.3) is 0 Å². The second-order valence-electron chi connectivity index (χ2n) is 4.30. The second-order valence-corrected chi connectivity index (χ2v) is 9.92. The smallest absolute Gasteiger partial charge is 0.434 e. The van der Waals surface area contributed by atoms with E-state index in [1.165, 1.54) is 0 Å². The number of hydrogen-bond acceptors (Lipinski definition) is 5. The lowest BCUT2D eigenvalue weighted by Crippen LogP contribution is -2.22. The van der Waals surface area contributed by atoms with Crippen LogP contribution in [0.4, 0.5) is 9.59 Å². The normalized spacial score (nSPS) is 9.28. The lowest BCUT2D eigenvalue weighted by Gasteiger charge is -2.14. The molecule has 104 valence electrons. The van der Waals surface area contributed by atoms with Gasteiger partial charge in [-0.1, -0.05) is 32.8 Å². The maximum absolute atomic E-state index is 10.6. The van der Waals surface area contributed by atoms with E-state index in [4.69, 9.17) is 4.74 Å². The van der Waals surface area contributed by atoms with Gasteiger partial charge >= 0.3 is 12.2 Å². The van der Waals surface area contributed by atoms with Crippen molar-refractivity contribution in [3.8, 4) is 0 Å². The molecule has 0 saturated heterocycles. The lowest BCUT2D eigenvalue weighted by molar-refractivity contribution is 0.0894. The van der Waals surface area contributed by atoms with Gasteiger partial charge in [0.2, 0.25) is 0 Å². The first kappa shape index (κ1) is 18.6. The molecule has 0 aliphatic heterocycles. The Labute approximate surface area is 108 Å². The lowest BCUT2D eigenvalue weighted by atomic mass is 10.8. The van der Waals surface area contributed by atoms with Crippen molar-refractivity contribution in [2.75, 3.05) is 6.61 Å². The molecule has 1 amide bonds. The van der Waals surface area contributed by atoms with E-state index < -0.39 is 20.3 Å². The molecule has 7 heteroatoms. The number of primary amides is 1. The highest BCUT2D eigenvalue weighted by Crippen LogP contribution is 2.07. The molecule has 0 radical (unpaired) electrons. The van der Waals surface area contributed by atoms with Crippen molar-refractivity contribution in [1.29, 1.82) is 0 Å². The quantitative estimate of drug-likeness (QED) is 0.473. The molecule has 0 aliphatic rings. The van der Waals surface area contributed by atoms with Gasteiger partial charge in [-0.15, -0.1) is 0 Å². The Kier molecular flexibility index (Phi) is 10.7. The van der Waals surface area contributed by atoms with Crippen molar-refractivity contribution in [1.82, 2.24) is 0 Å². The maximum atomic E-state index is 10.6. The van der Waals surface area contributed by atoms with Gasteiger partial charge in [-0.05, 0) is 6.04 Å². The molecule has 0 aromatic rings. The van der Waals surface area contributed by atoms with Crippen molar-refractivity contribution < 1.29 is 23.8 Å². The highest BCUT2D eigenvalue weighted by atomic mass is 28.3. The molecule has 18 heavy (non-hydrogen) atoms. The summed E-state index contributed by atoms with van der Waals surface area (Å²) in [5, 5.41) is 0. The van der Waals surface area contributed by atoms with Crippen LogP contribution in [0.5, 0.6) is 0 Å². The number of nitrogens with two attached hydrogens (primary N) is 1. The van der Waals surface area contributed by atoms with E-state index in [-0.39, 0.29) is 0 Å². The fraction of sp³-hybridized carbons (Fsp3) is 0.455. The molecule has 6 nitrogen and oxygen atoms in total. The van der Waals surface area contributed by atoms with Crippen LogP contribution in [0.15, 0.2) is 25.7 Å². The van der Waals surface area contributed by atoms with Crippen LogP contribution in [0.2, 0.25) is 25.7 Å². The number of ether oxygens (including phenoxy) is 3. The van der Waals surface area contributed by atoms with E-state index in [1.54, 1.807) is 0 Å². The third-order valence-corrected chi connectivity index (χ3v) is 3.16. The third kappa shape index (κ3) is 19.8. The summed E-state index contributed by atoms with van der Waals surface area (Å²) in [7, 11) is -1.11. The molecule has 0 aromatic carbocycles. The first-order valence-electron chi connectivity index (χ1n) is 5.24. The number of rotatable bonds is 5. The Morgan fingerprint density at radius 3 is 1.94 bits per heavy atom. The van der Waals surface area contributed by atoms with E-state index in [0.717, 1.165) is 18.6 Å². The largest absolute Gasteiger partial charge is 0.513 e. The van der Waals surface area contributed by atoms with Gasteiger partial charge in [-0.3, -0.25) is 0 Å². The molecule has 0 unspecified atom stereocenters. The summed E-state index contributed by atoms with van der Waals surface area (Å²) < 4.78 is 13.1. The van der Waals surface area contributed by atoms with Crippen LogP contribution in [-0.2, 0) is 14.2 Å². The van der Waals surface area contributed by atoms with E-state index in [1.807, 2.05) is 0 Å². The Morgan fingerprint density at radius 2 is 1.67 bits per heavy atom. The number of hydrogen-bond donors (Lipinski definition) is 1. The molecular weight excluding hydrogens is 254 g/mol. The minimum Gasteiger partial charge on any atom is -0.434 e. The molecule has 0 heterocycles. The maximum Gasteiger partial charge on any atom is 0.513 e. The molecule has 0 aliphatic carbocycles. The summed E-state index contributed by atoms with van der Waals surface area (Å²) >= 11 is 0. The standard InChI is InChI=1S/C8H16O3Si.C3H5NO2/c1-5-10-8(9)11-6-7-12(2,3)4;1-2-6-3(4)5/h5H,1,6-7H2,2-4H3;2H,1H2,(H2,4,5). The Hall–Kier alpha value is -1.76. The number of carbonyl (C=O) groups is 2. The Balaban J connectivity index is 0. The molecule has 2 N–H and O–H groups in total. The topological polar surface area (TPSA) is 87.8 Å². The molecule has 0 saturated carbocycles. The average molecular weight is 275 g/mol. The second kappa shape index (κ2) is 10.4. The molecule has 0 rings (SSSR count). The van der Waals surface area contributed by atoms with Crippen LogP contribution in [0.3, 0.4) is 0 Å². The van der Waals surface area contributed by atoms with Crippen molar-refractivity contribution in [3.05, 3.63) is 25.7 Å². The predicted molar refractivity (Wildman–Crippen MR) is 71.6 cm³/mol. The number of carbonyl (C=O) groups excluding carboxylic acids is 2. The highest BCUT2D eigenvalue weighted by Gasteiger charge is 2.13. The molecule has 0 bridgehead atoms. The highest BCUT2D eigenvalue weighted by molar-refractivity contribution is 6.76. The molecular formula is C11H21NO5Si. The molecule has 0 aromatic heterocycles. The van der Waals surface area contributed by atoms with Gasteiger partial charge < -0.3 is 19.9 Å². The minimum absolute atomic E-state index is 0.447. The Morgan fingerprint density at radius 1 is 1.17 bits per heavy atom. The van der Waals surface area contributed by atoms with Crippen LogP contribution >= 0.6 is 0 Å². The van der Waals surface area contributed by atoms with Gasteiger partial charge in [-0.2, -0.15) is 0 Å². The molecule has 0 fully saturated rings. The zero-order valence-electron chi connectivity index (χ0n) is 11.1. The van der Waals surface area contributed by atoms with Gasteiger partial charge in [0.05, 0.1) is 19.1 Å².